The number of aryl methyl sites for hydroxylation is 1. The number of nitrogens with one attached hydrogen (secondary N) is 2. The first-order valence-corrected chi connectivity index (χ1v) is 9.49. The summed E-state index contributed by atoms with van der Waals surface area (Å²) in [7, 11) is 3.11. The Hall–Kier alpha value is -3.53. The number of rotatable bonds is 6. The van der Waals surface area contributed by atoms with Crippen molar-refractivity contribution >= 4 is 34.5 Å². The molecule has 0 saturated heterocycles. The number of aromatic nitrogens is 5. The second-order valence-corrected chi connectivity index (χ2v) is 7.15. The van der Waals surface area contributed by atoms with E-state index in [4.69, 9.17) is 9.57 Å². The fourth-order valence-electron chi connectivity index (χ4n) is 2.99. The lowest BCUT2D eigenvalue weighted by Gasteiger charge is -2.10. The summed E-state index contributed by atoms with van der Waals surface area (Å²) >= 11 is 1.49. The predicted octanol–water partition coefficient (Wildman–Crippen LogP) is 2.93. The van der Waals surface area contributed by atoms with Crippen LogP contribution in [0.15, 0.2) is 52.3 Å². The summed E-state index contributed by atoms with van der Waals surface area (Å²) in [6.45, 7) is 2.03. The van der Waals surface area contributed by atoms with E-state index in [9.17, 15) is 4.79 Å². The first-order chi connectivity index (χ1) is 14.1. The third-order valence-electron chi connectivity index (χ3n) is 4.36. The van der Waals surface area contributed by atoms with Gasteiger partial charge in [0.25, 0.3) is 11.9 Å². The smallest absolute Gasteiger partial charge is 0.279 e. The molecule has 0 atom stereocenters. The average molecular weight is 410 g/mol. The summed E-state index contributed by atoms with van der Waals surface area (Å²) < 4.78 is 6.88. The van der Waals surface area contributed by atoms with Crippen molar-refractivity contribution in [3.8, 4) is 5.75 Å². The molecule has 0 aliphatic heterocycles. The topological polar surface area (TPSA) is 107 Å². The van der Waals surface area contributed by atoms with Crippen LogP contribution >= 0.6 is 11.8 Å². The molecular weight excluding hydrogens is 392 g/mol. The van der Waals surface area contributed by atoms with E-state index in [1.807, 2.05) is 49.4 Å². The van der Waals surface area contributed by atoms with E-state index in [0.717, 1.165) is 26.3 Å². The summed E-state index contributed by atoms with van der Waals surface area (Å²) in [5, 5.41) is 16.8. The lowest BCUT2D eigenvalue weighted by Crippen LogP contribution is -2.21. The largest absolute Gasteiger partial charge is 0.497 e. The number of tetrazole rings is 1. The second kappa shape index (κ2) is 7.84. The van der Waals surface area contributed by atoms with Gasteiger partial charge in [-0.25, -0.2) is 0 Å². The molecule has 0 radical (unpaired) electrons. The van der Waals surface area contributed by atoms with Gasteiger partial charge in [0.15, 0.2) is 5.69 Å². The monoisotopic (exact) mass is 410 g/mol. The molecule has 0 spiro atoms. The van der Waals surface area contributed by atoms with Crippen molar-refractivity contribution < 1.29 is 14.4 Å². The van der Waals surface area contributed by atoms with Crippen LogP contribution in [0.5, 0.6) is 5.75 Å². The molecule has 0 aliphatic rings. The Kier molecular flexibility index (Phi) is 5.09. The first kappa shape index (κ1) is 18.8. The molecule has 9 nitrogen and oxygen atoms in total. The molecule has 4 aromatic rings. The SMILES string of the molecule is COc1ccc2c(c1)c(Sc1ccccc1C)c(C(=O)Nc1nn[nH]n1)n2OC. The van der Waals surface area contributed by atoms with Crippen molar-refractivity contribution in [1.82, 2.24) is 25.4 Å². The number of carbonyl (C=O) groups excluding carboxylic acids is 1. The number of ether oxygens (including phenoxy) is 1. The Bertz CT molecular complexity index is 1170. The Morgan fingerprint density at radius 3 is 2.72 bits per heavy atom. The highest BCUT2D eigenvalue weighted by Crippen LogP contribution is 2.40. The van der Waals surface area contributed by atoms with Gasteiger partial charge in [0, 0.05) is 10.3 Å². The zero-order valence-electron chi connectivity index (χ0n) is 16.0. The Morgan fingerprint density at radius 1 is 1.21 bits per heavy atom. The molecular formula is C19H18N6O3S. The van der Waals surface area contributed by atoms with Gasteiger partial charge in [-0.2, -0.15) is 9.94 Å². The standard InChI is InChI=1S/C19H18N6O3S/c1-11-6-4-5-7-15(11)29-17-13-10-12(27-2)8-9-14(13)25(28-3)16(17)18(26)20-19-21-23-24-22-19/h4-10H,1-3H3,(H2,20,21,22,23,24,26). The van der Waals surface area contributed by atoms with Crippen LogP contribution in [0.25, 0.3) is 10.9 Å². The van der Waals surface area contributed by atoms with E-state index in [1.165, 1.54) is 23.6 Å². The van der Waals surface area contributed by atoms with Gasteiger partial charge in [-0.1, -0.05) is 35.1 Å². The molecule has 2 aromatic heterocycles. The van der Waals surface area contributed by atoms with Crippen LogP contribution in [0.2, 0.25) is 0 Å². The number of amides is 1. The van der Waals surface area contributed by atoms with Crippen molar-refractivity contribution in [3.05, 3.63) is 53.7 Å². The Balaban J connectivity index is 1.91. The quantitative estimate of drug-likeness (QED) is 0.503. The van der Waals surface area contributed by atoms with E-state index in [-0.39, 0.29) is 5.95 Å². The van der Waals surface area contributed by atoms with E-state index in [1.54, 1.807) is 7.11 Å². The highest BCUT2D eigenvalue weighted by atomic mass is 32.2. The van der Waals surface area contributed by atoms with Crippen LogP contribution in [-0.2, 0) is 0 Å². The number of anilines is 1. The van der Waals surface area contributed by atoms with Crippen LogP contribution in [0, 0.1) is 6.92 Å². The van der Waals surface area contributed by atoms with Gasteiger partial charge in [0.2, 0.25) is 0 Å². The van der Waals surface area contributed by atoms with Crippen molar-refractivity contribution in [1.29, 1.82) is 0 Å². The maximum atomic E-state index is 13.1. The Morgan fingerprint density at radius 2 is 2.03 bits per heavy atom. The number of nitrogens with zero attached hydrogens (tertiary/aromatic N) is 4. The minimum atomic E-state index is -0.417. The van der Waals surface area contributed by atoms with Gasteiger partial charge >= 0.3 is 0 Å². The van der Waals surface area contributed by atoms with Crippen molar-refractivity contribution in [3.63, 3.8) is 0 Å². The molecule has 0 aliphatic carbocycles. The third kappa shape index (κ3) is 3.49. The number of H-pyrrole nitrogens is 1. The highest BCUT2D eigenvalue weighted by molar-refractivity contribution is 7.99. The van der Waals surface area contributed by atoms with Crippen LogP contribution < -0.4 is 14.9 Å². The van der Waals surface area contributed by atoms with Gasteiger partial charge in [0.05, 0.1) is 17.5 Å². The van der Waals surface area contributed by atoms with Crippen molar-refractivity contribution in [2.75, 3.05) is 19.5 Å². The molecule has 2 N–H and O–H groups in total. The van der Waals surface area contributed by atoms with E-state index in [0.29, 0.717) is 11.4 Å². The van der Waals surface area contributed by atoms with Crippen molar-refractivity contribution in [2.24, 2.45) is 0 Å². The lowest BCUT2D eigenvalue weighted by atomic mass is 10.2. The van der Waals surface area contributed by atoms with Crippen LogP contribution in [-0.4, -0.2) is 45.5 Å². The van der Waals surface area contributed by atoms with Crippen LogP contribution in [0.3, 0.4) is 0 Å². The maximum Gasteiger partial charge on any atom is 0.279 e. The van der Waals surface area contributed by atoms with E-state index < -0.39 is 5.91 Å². The number of aromatic amines is 1. The summed E-state index contributed by atoms with van der Waals surface area (Å²) in [5.41, 5.74) is 2.17. The molecule has 0 bridgehead atoms. The predicted molar refractivity (Wildman–Crippen MR) is 108 cm³/mol. The summed E-state index contributed by atoms with van der Waals surface area (Å²) in [5.74, 6) is 0.342. The molecule has 2 heterocycles. The fourth-order valence-corrected chi connectivity index (χ4v) is 4.13. The molecule has 0 fully saturated rings. The number of carbonyl (C=O) groups is 1. The maximum absolute atomic E-state index is 13.1. The molecule has 10 heteroatoms. The lowest BCUT2D eigenvalue weighted by molar-refractivity contribution is 0.0966. The van der Waals surface area contributed by atoms with Crippen molar-refractivity contribution in [2.45, 2.75) is 16.7 Å². The zero-order valence-corrected chi connectivity index (χ0v) is 16.8. The normalized spacial score (nSPS) is 10.9. The molecule has 29 heavy (non-hydrogen) atoms. The van der Waals surface area contributed by atoms with E-state index in [2.05, 4.69) is 25.9 Å². The first-order valence-electron chi connectivity index (χ1n) is 8.67. The molecule has 0 unspecified atom stereocenters. The van der Waals surface area contributed by atoms with Gasteiger partial charge in [-0.15, -0.1) is 5.10 Å². The average Bonchev–Trinajstić information content (AvgIpc) is 3.35. The van der Waals surface area contributed by atoms with Crippen LogP contribution in [0.1, 0.15) is 16.1 Å². The minimum absolute atomic E-state index is 0.0762. The van der Waals surface area contributed by atoms with E-state index >= 15 is 0 Å². The van der Waals surface area contributed by atoms with Gasteiger partial charge in [-0.3, -0.25) is 10.1 Å². The summed E-state index contributed by atoms with van der Waals surface area (Å²) in [4.78, 5) is 20.5. The second-order valence-electron chi connectivity index (χ2n) is 6.09. The van der Waals surface area contributed by atoms with Crippen LogP contribution in [0.4, 0.5) is 5.95 Å². The van der Waals surface area contributed by atoms with Gasteiger partial charge in [0.1, 0.15) is 12.9 Å². The van der Waals surface area contributed by atoms with Gasteiger partial charge < -0.3 is 9.57 Å². The highest BCUT2D eigenvalue weighted by Gasteiger charge is 2.26. The molecule has 4 rings (SSSR count). The summed E-state index contributed by atoms with van der Waals surface area (Å²) in [6, 6.07) is 13.5. The summed E-state index contributed by atoms with van der Waals surface area (Å²) in [6.07, 6.45) is 0. The third-order valence-corrected chi connectivity index (χ3v) is 5.65. The molecule has 0 saturated carbocycles. The zero-order chi connectivity index (χ0) is 20.4. The number of benzene rings is 2. The molecule has 1 amide bonds. The molecule has 148 valence electrons. The van der Waals surface area contributed by atoms with Gasteiger partial charge in [-0.05, 0) is 42.0 Å². The number of hydrogen-bond donors (Lipinski definition) is 2. The minimum Gasteiger partial charge on any atom is -0.497 e. The number of fused-ring (bicyclic) bond motifs is 1. The molecule has 2 aromatic carbocycles. The number of methoxy groups -OCH3 is 1. The number of hydrogen-bond acceptors (Lipinski definition) is 7. The Labute approximate surface area is 170 Å². The fraction of sp³-hybridized carbons (Fsp3) is 0.158.